The van der Waals surface area contributed by atoms with Crippen molar-refractivity contribution >= 4 is 29.8 Å². The average molecular weight is 577 g/mol. The Kier molecular flexibility index (Phi) is 15.5. The lowest BCUT2D eigenvalue weighted by atomic mass is 10.00. The van der Waals surface area contributed by atoms with Gasteiger partial charge in [-0.15, -0.1) is 0 Å². The van der Waals surface area contributed by atoms with Crippen molar-refractivity contribution < 1.29 is 33.4 Å². The number of hydrogen-bond donors (Lipinski definition) is 3. The zero-order valence-corrected chi connectivity index (χ0v) is 25.4. The summed E-state index contributed by atoms with van der Waals surface area (Å²) in [7, 11) is 0. The van der Waals surface area contributed by atoms with Crippen molar-refractivity contribution in [3.8, 4) is 0 Å². The van der Waals surface area contributed by atoms with Gasteiger partial charge in [0.15, 0.2) is 0 Å². The van der Waals surface area contributed by atoms with E-state index in [9.17, 15) is 24.0 Å². The van der Waals surface area contributed by atoms with E-state index in [4.69, 9.17) is 15.2 Å². The zero-order chi connectivity index (χ0) is 31.0. The van der Waals surface area contributed by atoms with Crippen LogP contribution in [0.5, 0.6) is 0 Å². The van der Waals surface area contributed by atoms with Gasteiger partial charge < -0.3 is 30.7 Å². The number of nitrogens with one attached hydrogen (secondary N) is 2. The van der Waals surface area contributed by atoms with E-state index in [0.29, 0.717) is 12.0 Å². The number of alkyl carbamates (subject to hydrolysis) is 1. The molecule has 0 fully saturated rings. The molecular weight excluding hydrogens is 528 g/mol. The standard InChI is InChI=1S/C30H48N4O7/c1-7-9-10-11-12-19-34(28(38)23(20-24(31)35)33-29(39)41-30(4,5)6)26(22-15-13-21(3)14-16-22)27(37)32-18-17-25(36)40-8-2/h13-16,23,26H,7-12,17-20H2,1-6H3,(H2,31,35)(H,32,37)(H,33,39). The van der Waals surface area contributed by atoms with Gasteiger partial charge >= 0.3 is 12.1 Å². The largest absolute Gasteiger partial charge is 0.466 e. The van der Waals surface area contributed by atoms with Crippen LogP contribution < -0.4 is 16.4 Å². The van der Waals surface area contributed by atoms with E-state index in [2.05, 4.69) is 17.6 Å². The maximum absolute atomic E-state index is 14.0. The molecule has 0 radical (unpaired) electrons. The molecule has 230 valence electrons. The van der Waals surface area contributed by atoms with E-state index >= 15 is 0 Å². The lowest BCUT2D eigenvalue weighted by Crippen LogP contribution is -2.54. The topological polar surface area (TPSA) is 157 Å². The van der Waals surface area contributed by atoms with Crippen molar-refractivity contribution in [2.75, 3.05) is 19.7 Å². The second kappa shape index (κ2) is 17.9. The average Bonchev–Trinajstić information content (AvgIpc) is 2.86. The van der Waals surface area contributed by atoms with Crippen LogP contribution in [-0.2, 0) is 28.7 Å². The molecule has 1 aromatic rings. The van der Waals surface area contributed by atoms with E-state index in [0.717, 1.165) is 31.2 Å². The lowest BCUT2D eigenvalue weighted by molar-refractivity contribution is -0.144. The number of aryl methyl sites for hydroxylation is 1. The Morgan fingerprint density at radius 2 is 1.61 bits per heavy atom. The van der Waals surface area contributed by atoms with Crippen LogP contribution in [0.2, 0.25) is 0 Å². The molecule has 0 heterocycles. The number of carbonyl (C=O) groups excluding carboxylic acids is 5. The van der Waals surface area contributed by atoms with Gasteiger partial charge in [-0.05, 0) is 46.6 Å². The third-order valence-corrected chi connectivity index (χ3v) is 6.07. The van der Waals surface area contributed by atoms with Gasteiger partial charge in [0.25, 0.3) is 0 Å². The number of hydrogen-bond acceptors (Lipinski definition) is 7. The van der Waals surface area contributed by atoms with Crippen molar-refractivity contribution in [2.45, 2.75) is 104 Å². The van der Waals surface area contributed by atoms with E-state index in [1.165, 1.54) is 4.90 Å². The second-order valence-corrected chi connectivity index (χ2v) is 11.0. The highest BCUT2D eigenvalue weighted by atomic mass is 16.6. The van der Waals surface area contributed by atoms with Crippen molar-refractivity contribution in [3.05, 3.63) is 35.4 Å². The quantitative estimate of drug-likeness (QED) is 0.189. The molecule has 4 amide bonds. The van der Waals surface area contributed by atoms with E-state index < -0.39 is 53.9 Å². The summed E-state index contributed by atoms with van der Waals surface area (Å²) in [6, 6.07) is 4.74. The van der Waals surface area contributed by atoms with Crippen molar-refractivity contribution in [1.82, 2.24) is 15.5 Å². The summed E-state index contributed by atoms with van der Waals surface area (Å²) in [5.41, 5.74) is 6.11. The van der Waals surface area contributed by atoms with E-state index in [1.54, 1.807) is 39.8 Å². The van der Waals surface area contributed by atoms with E-state index in [1.807, 2.05) is 19.1 Å². The Balaban J connectivity index is 3.42. The molecule has 0 aliphatic heterocycles. The Morgan fingerprint density at radius 1 is 0.976 bits per heavy atom. The van der Waals surface area contributed by atoms with Crippen LogP contribution >= 0.6 is 0 Å². The van der Waals surface area contributed by atoms with Gasteiger partial charge in [-0.25, -0.2) is 4.79 Å². The predicted molar refractivity (Wildman–Crippen MR) is 156 cm³/mol. The number of unbranched alkanes of at least 4 members (excludes halogenated alkanes) is 4. The number of amides is 4. The Bertz CT molecular complexity index is 1010. The summed E-state index contributed by atoms with van der Waals surface area (Å²) >= 11 is 0. The summed E-state index contributed by atoms with van der Waals surface area (Å²) in [6.45, 7) is 11.2. The minimum Gasteiger partial charge on any atom is -0.466 e. The molecular formula is C30H48N4O7. The number of nitrogens with two attached hydrogens (primary N) is 1. The molecule has 0 aliphatic rings. The second-order valence-electron chi connectivity index (χ2n) is 11.0. The van der Waals surface area contributed by atoms with Crippen LogP contribution in [0.25, 0.3) is 0 Å². The van der Waals surface area contributed by atoms with Gasteiger partial charge in [0.2, 0.25) is 17.7 Å². The van der Waals surface area contributed by atoms with Crippen molar-refractivity contribution in [1.29, 1.82) is 0 Å². The first-order valence-electron chi connectivity index (χ1n) is 14.4. The molecule has 0 saturated heterocycles. The van der Waals surface area contributed by atoms with E-state index in [-0.39, 0.29) is 26.1 Å². The molecule has 1 rings (SSSR count). The predicted octanol–water partition coefficient (Wildman–Crippen LogP) is 3.67. The van der Waals surface area contributed by atoms with Crippen LogP contribution in [-0.4, -0.2) is 66.0 Å². The third-order valence-electron chi connectivity index (χ3n) is 6.07. The molecule has 11 heteroatoms. The number of carbonyl (C=O) groups is 5. The maximum Gasteiger partial charge on any atom is 0.408 e. The fourth-order valence-corrected chi connectivity index (χ4v) is 4.14. The summed E-state index contributed by atoms with van der Waals surface area (Å²) in [5.74, 6) is -2.40. The lowest BCUT2D eigenvalue weighted by Gasteiger charge is -2.34. The zero-order valence-electron chi connectivity index (χ0n) is 25.4. The molecule has 2 atom stereocenters. The molecule has 41 heavy (non-hydrogen) atoms. The highest BCUT2D eigenvalue weighted by molar-refractivity contribution is 5.94. The summed E-state index contributed by atoms with van der Waals surface area (Å²) in [5, 5.41) is 5.22. The van der Waals surface area contributed by atoms with Gasteiger partial charge in [0.1, 0.15) is 17.7 Å². The fourth-order valence-electron chi connectivity index (χ4n) is 4.14. The first-order valence-corrected chi connectivity index (χ1v) is 14.4. The fraction of sp³-hybridized carbons (Fsp3) is 0.633. The smallest absolute Gasteiger partial charge is 0.408 e. The third kappa shape index (κ3) is 14.0. The summed E-state index contributed by atoms with van der Waals surface area (Å²) < 4.78 is 10.3. The Labute approximate surface area is 243 Å². The Hall–Kier alpha value is -3.63. The van der Waals surface area contributed by atoms with Crippen LogP contribution in [0.1, 0.15) is 96.7 Å². The van der Waals surface area contributed by atoms with Crippen LogP contribution in [0.15, 0.2) is 24.3 Å². The van der Waals surface area contributed by atoms with Crippen LogP contribution in [0, 0.1) is 6.92 Å². The van der Waals surface area contributed by atoms with Gasteiger partial charge in [-0.2, -0.15) is 0 Å². The van der Waals surface area contributed by atoms with Gasteiger partial charge in [-0.1, -0.05) is 62.4 Å². The highest BCUT2D eigenvalue weighted by Gasteiger charge is 2.36. The number of rotatable bonds is 17. The first kappa shape index (κ1) is 35.4. The molecule has 0 aliphatic carbocycles. The molecule has 0 saturated carbocycles. The Morgan fingerprint density at radius 3 is 2.17 bits per heavy atom. The van der Waals surface area contributed by atoms with Crippen molar-refractivity contribution in [3.63, 3.8) is 0 Å². The minimum atomic E-state index is -1.35. The summed E-state index contributed by atoms with van der Waals surface area (Å²) in [4.78, 5) is 65.4. The normalized spacial score (nSPS) is 12.5. The van der Waals surface area contributed by atoms with Crippen LogP contribution in [0.3, 0.4) is 0 Å². The molecule has 2 unspecified atom stereocenters. The first-order chi connectivity index (χ1) is 19.3. The van der Waals surface area contributed by atoms with Gasteiger partial charge in [0.05, 0.1) is 19.4 Å². The molecule has 0 bridgehead atoms. The van der Waals surface area contributed by atoms with Gasteiger partial charge in [-0.3, -0.25) is 19.2 Å². The molecule has 0 spiro atoms. The molecule has 0 aromatic heterocycles. The molecule has 1 aromatic carbocycles. The maximum atomic E-state index is 14.0. The minimum absolute atomic E-state index is 0.0133. The number of benzene rings is 1. The van der Waals surface area contributed by atoms with Gasteiger partial charge in [0, 0.05) is 13.1 Å². The number of primary amides is 1. The number of esters is 1. The SMILES string of the molecule is CCCCCCCN(C(=O)C(CC(N)=O)NC(=O)OC(C)(C)C)C(C(=O)NCCC(=O)OCC)c1ccc(C)cc1. The number of ether oxygens (including phenoxy) is 2. The molecule has 4 N–H and O–H groups in total. The molecule has 11 nitrogen and oxygen atoms in total. The monoisotopic (exact) mass is 576 g/mol. The van der Waals surface area contributed by atoms with Crippen LogP contribution in [0.4, 0.5) is 4.79 Å². The number of nitrogens with zero attached hydrogens (tertiary/aromatic N) is 1. The highest BCUT2D eigenvalue weighted by Crippen LogP contribution is 2.25. The summed E-state index contributed by atoms with van der Waals surface area (Å²) in [6.07, 6.45) is 3.06. The van der Waals surface area contributed by atoms with Crippen molar-refractivity contribution in [2.24, 2.45) is 5.73 Å².